The van der Waals surface area contributed by atoms with Crippen molar-refractivity contribution in [2.24, 2.45) is 0 Å². The third kappa shape index (κ3) is 32.3. The fraction of sp³-hybridized carbons (Fsp3) is 0.900. The van der Waals surface area contributed by atoms with Crippen molar-refractivity contribution in [2.45, 2.75) is 326 Å². The zero-order chi connectivity index (χ0) is 53.4. The fourth-order valence-corrected chi connectivity index (χ4v) is 34.0. The Morgan fingerprint density at radius 3 is 0.591 bits per heavy atom. The Bertz CT molecular complexity index is 1190. The summed E-state index contributed by atoms with van der Waals surface area (Å²) in [7, 11) is 3.87. The highest BCUT2D eigenvalue weighted by Gasteiger charge is 2.49. The smallest absolute Gasteiger partial charge is 0.0703 e. The monoisotopic (exact) mass is 1020 g/mol. The maximum atomic E-state index is 2.40. The van der Waals surface area contributed by atoms with Gasteiger partial charge in [-0.2, -0.15) is 0 Å². The van der Waals surface area contributed by atoms with Crippen LogP contribution in [0.2, 0.25) is 0 Å². The van der Waals surface area contributed by atoms with E-state index in [1.54, 1.807) is 0 Å². The van der Waals surface area contributed by atoms with E-state index in [9.17, 15) is 0 Å². The molecule has 1 unspecified atom stereocenters. The van der Waals surface area contributed by atoms with Crippen LogP contribution in [0, 0.1) is 0 Å². The number of rotatable bonds is 2. The van der Waals surface area contributed by atoms with Crippen molar-refractivity contribution in [3.63, 3.8) is 0 Å². The zero-order valence-electron chi connectivity index (χ0n) is 52.0. The first kappa shape index (κ1) is 78.6. The largest absolute Gasteiger partial charge is 0.378 e. The molecule has 0 saturated carbocycles. The first-order valence-electron chi connectivity index (χ1n) is 24.8. The van der Waals surface area contributed by atoms with E-state index in [4.69, 9.17) is 0 Å². The molecular weight excluding hydrogens is 890 g/mol. The molecular formula is C60H133NP5+. The van der Waals surface area contributed by atoms with Crippen LogP contribution in [0.5, 0.6) is 0 Å². The van der Waals surface area contributed by atoms with Crippen LogP contribution in [-0.4, -0.2) is 89.3 Å². The van der Waals surface area contributed by atoms with Gasteiger partial charge in [-0.1, -0.05) is 246 Å². The molecule has 1 aromatic rings. The molecule has 0 amide bonds. The normalized spacial score (nSPS) is 14.3. The van der Waals surface area contributed by atoms with Gasteiger partial charge in [0, 0.05) is 27.7 Å². The van der Waals surface area contributed by atoms with E-state index in [1.165, 1.54) is 11.0 Å². The van der Waals surface area contributed by atoms with Crippen LogP contribution in [0.1, 0.15) is 264 Å². The van der Waals surface area contributed by atoms with E-state index >= 15 is 0 Å². The molecule has 0 bridgehead atoms. The lowest BCUT2D eigenvalue weighted by molar-refractivity contribution is 0.643. The molecule has 6 heteroatoms. The second-order valence-corrected chi connectivity index (χ2v) is 52.3. The van der Waals surface area contributed by atoms with Crippen molar-refractivity contribution in [2.75, 3.05) is 32.3 Å². The molecule has 0 aliphatic rings. The van der Waals surface area contributed by atoms with E-state index in [-0.39, 0.29) is 46.5 Å². The highest BCUT2D eigenvalue weighted by molar-refractivity contribution is 7.66. The van der Waals surface area contributed by atoms with Gasteiger partial charge in [0.25, 0.3) is 0 Å². The maximum Gasteiger partial charge on any atom is 0.0703 e. The van der Waals surface area contributed by atoms with Gasteiger partial charge in [0.1, 0.15) is 0 Å². The van der Waals surface area contributed by atoms with Crippen LogP contribution >= 0.6 is 39.6 Å². The van der Waals surface area contributed by atoms with Crippen molar-refractivity contribution in [3.8, 4) is 0 Å². The number of anilines is 1. The van der Waals surface area contributed by atoms with Crippen LogP contribution in [0.25, 0.3) is 0 Å². The lowest BCUT2D eigenvalue weighted by Crippen LogP contribution is -2.34. The fourth-order valence-electron chi connectivity index (χ4n) is 11.8. The summed E-state index contributed by atoms with van der Waals surface area (Å²) >= 11 is 0. The summed E-state index contributed by atoms with van der Waals surface area (Å²) < 4.78 is 0. The van der Waals surface area contributed by atoms with E-state index in [0.717, 1.165) is 0 Å². The number of hydrogen-bond acceptors (Lipinski definition) is 1. The van der Waals surface area contributed by atoms with Crippen molar-refractivity contribution >= 4 is 50.6 Å². The van der Waals surface area contributed by atoms with Crippen molar-refractivity contribution < 1.29 is 0 Å². The first-order valence-corrected chi connectivity index (χ1v) is 32.6. The molecule has 1 atom stereocenters. The molecule has 0 fully saturated rings. The number of hydrogen-bond donors (Lipinski definition) is 0. The molecule has 1 rings (SSSR count). The molecule has 0 spiro atoms. The lowest BCUT2D eigenvalue weighted by Gasteiger charge is -2.49. The molecule has 0 aliphatic heterocycles. The van der Waals surface area contributed by atoms with Gasteiger partial charge in [0.15, 0.2) is 0 Å². The van der Waals surface area contributed by atoms with Crippen LogP contribution in [0.4, 0.5) is 5.69 Å². The third-order valence-electron chi connectivity index (χ3n) is 11.0. The minimum atomic E-state index is -0.391. The van der Waals surface area contributed by atoms with Gasteiger partial charge in [-0.25, -0.2) is 0 Å². The summed E-state index contributed by atoms with van der Waals surface area (Å²) in [5.41, 5.74) is 1.27. The standard InChI is InChI=1S/C13H22NP.3C12H27P.C9H21P.2CH4/c1-13(2,3)15(6)12-9-7-11(8-10-12)14(4)5;3*1-10(2,3)13(11(4,5)6)12(7,8)9;1-8(2,3)10(7)9(4,5)6;;/h7-10H,1-6H3;3*1-9H3;1-7H3;2*1H4/p+1. The topological polar surface area (TPSA) is 3.24 Å². The van der Waals surface area contributed by atoms with Gasteiger partial charge < -0.3 is 4.90 Å². The minimum absolute atomic E-state index is 0. The summed E-state index contributed by atoms with van der Waals surface area (Å²) in [5, 5.41) is 7.07. The van der Waals surface area contributed by atoms with Gasteiger partial charge in [0.2, 0.25) is 0 Å². The van der Waals surface area contributed by atoms with E-state index < -0.39 is 7.92 Å². The van der Waals surface area contributed by atoms with Crippen molar-refractivity contribution in [3.05, 3.63) is 24.3 Å². The van der Waals surface area contributed by atoms with Crippen LogP contribution in [-0.2, 0) is 0 Å². The SMILES string of the molecule is C.C.CC(C)(C)P(C(C)(C)C)C(C)(C)C.CC(C)(C)P(C(C)(C)C)C(C)(C)C.CC(C)(C)[PH+](C(C)(C)C)C(C)(C)C.CN(C)c1ccc(P(C)C(C)(C)C)cc1.CP(C(C)(C)C)C(C)(C)C. The predicted molar refractivity (Wildman–Crippen MR) is 339 cm³/mol. The van der Waals surface area contributed by atoms with Gasteiger partial charge in [0.05, 0.1) is 15.5 Å². The molecule has 1 aromatic carbocycles. The molecule has 1 nitrogen and oxygen atoms in total. The second-order valence-electron chi connectivity index (χ2n) is 30.9. The summed E-state index contributed by atoms with van der Waals surface area (Å²) in [6.45, 7) is 90.3. The second kappa shape index (κ2) is 27.5. The average molecular weight is 1020 g/mol. The van der Waals surface area contributed by atoms with E-state index in [1.807, 2.05) is 0 Å². The first-order chi connectivity index (χ1) is 27.1. The van der Waals surface area contributed by atoms with Gasteiger partial charge in [-0.05, 0) is 139 Å². The van der Waals surface area contributed by atoms with Gasteiger partial charge in [-0.3, -0.25) is 0 Å². The van der Waals surface area contributed by atoms with Crippen LogP contribution in [0.3, 0.4) is 0 Å². The number of nitrogens with zero attached hydrogens (tertiary/aromatic N) is 1. The summed E-state index contributed by atoms with van der Waals surface area (Å²) in [6, 6.07) is 8.96. The van der Waals surface area contributed by atoms with Gasteiger partial charge in [-0.15, -0.1) is 0 Å². The summed E-state index contributed by atoms with van der Waals surface area (Å²) in [6.07, 6.45) is 0. The summed E-state index contributed by atoms with van der Waals surface area (Å²) in [4.78, 5) is 2.14. The number of benzene rings is 1. The van der Waals surface area contributed by atoms with Crippen LogP contribution < -0.4 is 10.2 Å². The van der Waals surface area contributed by atoms with E-state index in [0.29, 0.717) is 61.9 Å². The molecule has 0 N–H and O–H groups in total. The lowest BCUT2D eigenvalue weighted by atomic mass is 10.2. The van der Waals surface area contributed by atoms with Crippen molar-refractivity contribution in [1.29, 1.82) is 0 Å². The van der Waals surface area contributed by atoms with E-state index in [2.05, 4.69) is 306 Å². The third-order valence-corrected chi connectivity index (χ3v) is 30.7. The predicted octanol–water partition coefficient (Wildman–Crippen LogP) is 22.6. The minimum Gasteiger partial charge on any atom is -0.378 e. The van der Waals surface area contributed by atoms with Crippen molar-refractivity contribution in [1.82, 2.24) is 0 Å². The molecule has 66 heavy (non-hydrogen) atoms. The molecule has 0 radical (unpaired) electrons. The highest BCUT2D eigenvalue weighted by atomic mass is 31.1. The summed E-state index contributed by atoms with van der Waals surface area (Å²) in [5.74, 6) is 0. The Morgan fingerprint density at radius 2 is 0.515 bits per heavy atom. The molecule has 0 saturated heterocycles. The Hall–Kier alpha value is 1.17. The molecule has 402 valence electrons. The molecule has 0 aliphatic carbocycles. The Labute approximate surface area is 430 Å². The Balaban J connectivity index is -0.000000170. The maximum absolute atomic E-state index is 2.40. The molecule has 0 aromatic heterocycles. The van der Waals surface area contributed by atoms with Gasteiger partial charge >= 0.3 is 0 Å². The Kier molecular flexibility index (Phi) is 32.7. The highest BCUT2D eigenvalue weighted by Crippen LogP contribution is 2.69. The zero-order valence-corrected chi connectivity index (χ0v) is 56.6. The molecule has 0 heterocycles. The van der Waals surface area contributed by atoms with Crippen LogP contribution in [0.15, 0.2) is 24.3 Å². The Morgan fingerprint density at radius 1 is 0.318 bits per heavy atom. The quantitative estimate of drug-likeness (QED) is 0.267. The average Bonchev–Trinajstić information content (AvgIpc) is 2.88.